The quantitative estimate of drug-likeness (QED) is 0.729. The predicted octanol–water partition coefficient (Wildman–Crippen LogP) is 2.23. The van der Waals surface area contributed by atoms with Crippen LogP contribution in [0.3, 0.4) is 0 Å². The highest BCUT2D eigenvalue weighted by Crippen LogP contribution is 2.24. The molecule has 0 bridgehead atoms. The molecule has 80 valence electrons. The van der Waals surface area contributed by atoms with Gasteiger partial charge in [-0.05, 0) is 6.07 Å². The Morgan fingerprint density at radius 2 is 2.00 bits per heavy atom. The number of nitrogens with zero attached hydrogens (tertiary/aromatic N) is 2. The van der Waals surface area contributed by atoms with Gasteiger partial charge in [0.25, 0.3) is 0 Å². The van der Waals surface area contributed by atoms with Crippen molar-refractivity contribution in [1.82, 2.24) is 9.97 Å². The SMILES string of the molecule is O=Cc1ncncc1-c1cccc(F)c1F. The molecule has 2 aromatic rings. The van der Waals surface area contributed by atoms with Crippen molar-refractivity contribution in [3.63, 3.8) is 0 Å². The van der Waals surface area contributed by atoms with E-state index in [-0.39, 0.29) is 16.8 Å². The molecule has 0 spiro atoms. The number of hydrogen-bond acceptors (Lipinski definition) is 3. The summed E-state index contributed by atoms with van der Waals surface area (Å²) in [6.45, 7) is 0. The average Bonchev–Trinajstić information content (AvgIpc) is 2.33. The lowest BCUT2D eigenvalue weighted by Gasteiger charge is -2.04. The highest BCUT2D eigenvalue weighted by atomic mass is 19.2. The molecule has 0 amide bonds. The van der Waals surface area contributed by atoms with Crippen LogP contribution >= 0.6 is 0 Å². The molecule has 0 saturated heterocycles. The molecule has 3 nitrogen and oxygen atoms in total. The first kappa shape index (κ1) is 10.4. The number of aromatic nitrogens is 2. The normalized spacial score (nSPS) is 10.1. The summed E-state index contributed by atoms with van der Waals surface area (Å²) in [4.78, 5) is 18.0. The number of carbonyl (C=O) groups is 1. The first-order chi connectivity index (χ1) is 7.74. The van der Waals surface area contributed by atoms with Crippen molar-refractivity contribution in [3.8, 4) is 11.1 Å². The third-order valence-corrected chi connectivity index (χ3v) is 2.10. The van der Waals surface area contributed by atoms with E-state index in [9.17, 15) is 13.6 Å². The topological polar surface area (TPSA) is 42.9 Å². The molecule has 0 N–H and O–H groups in total. The number of hydrogen-bond donors (Lipinski definition) is 0. The number of halogens is 2. The lowest BCUT2D eigenvalue weighted by Crippen LogP contribution is -1.96. The van der Waals surface area contributed by atoms with Crippen molar-refractivity contribution in [1.29, 1.82) is 0 Å². The fraction of sp³-hybridized carbons (Fsp3) is 0. The van der Waals surface area contributed by atoms with E-state index < -0.39 is 11.6 Å². The summed E-state index contributed by atoms with van der Waals surface area (Å²) in [5, 5.41) is 0. The van der Waals surface area contributed by atoms with Gasteiger partial charge < -0.3 is 0 Å². The maximum atomic E-state index is 13.5. The highest BCUT2D eigenvalue weighted by molar-refractivity contribution is 5.84. The van der Waals surface area contributed by atoms with Gasteiger partial charge in [0.05, 0.1) is 0 Å². The summed E-state index contributed by atoms with van der Waals surface area (Å²) in [5.41, 5.74) is 0.178. The molecule has 0 aliphatic carbocycles. The summed E-state index contributed by atoms with van der Waals surface area (Å²) in [6, 6.07) is 3.72. The van der Waals surface area contributed by atoms with Crippen LogP contribution in [0.25, 0.3) is 11.1 Å². The number of carbonyl (C=O) groups excluding carboxylic acids is 1. The van der Waals surface area contributed by atoms with Crippen LogP contribution in [0.2, 0.25) is 0 Å². The molecule has 0 fully saturated rings. The van der Waals surface area contributed by atoms with Crippen LogP contribution in [0.5, 0.6) is 0 Å². The van der Waals surface area contributed by atoms with Gasteiger partial charge in [-0.3, -0.25) is 4.79 Å². The van der Waals surface area contributed by atoms with Gasteiger partial charge >= 0.3 is 0 Å². The molecule has 0 saturated carbocycles. The van der Waals surface area contributed by atoms with Crippen molar-refractivity contribution >= 4 is 6.29 Å². The molecule has 0 aliphatic rings. The second-order valence-electron chi connectivity index (χ2n) is 3.04. The lowest BCUT2D eigenvalue weighted by molar-refractivity contribution is 0.111. The monoisotopic (exact) mass is 220 g/mol. The summed E-state index contributed by atoms with van der Waals surface area (Å²) in [7, 11) is 0. The first-order valence-electron chi connectivity index (χ1n) is 4.43. The van der Waals surface area contributed by atoms with E-state index in [4.69, 9.17) is 0 Å². The van der Waals surface area contributed by atoms with Crippen LogP contribution in [0.15, 0.2) is 30.7 Å². The molecule has 2 rings (SSSR count). The maximum absolute atomic E-state index is 13.5. The molecule has 0 unspecified atom stereocenters. The van der Waals surface area contributed by atoms with E-state index in [1.807, 2.05) is 0 Å². The number of aldehydes is 1. The van der Waals surface area contributed by atoms with Gasteiger partial charge in [-0.2, -0.15) is 0 Å². The summed E-state index contributed by atoms with van der Waals surface area (Å²) in [6.07, 6.45) is 2.92. The van der Waals surface area contributed by atoms with Gasteiger partial charge in [0.15, 0.2) is 17.9 Å². The minimum Gasteiger partial charge on any atom is -0.296 e. The van der Waals surface area contributed by atoms with E-state index in [2.05, 4.69) is 9.97 Å². The van der Waals surface area contributed by atoms with Crippen molar-refractivity contribution in [2.24, 2.45) is 0 Å². The molecule has 0 radical (unpaired) electrons. The van der Waals surface area contributed by atoms with Crippen molar-refractivity contribution in [2.45, 2.75) is 0 Å². The van der Waals surface area contributed by atoms with E-state index in [1.54, 1.807) is 0 Å². The third-order valence-electron chi connectivity index (χ3n) is 2.10. The summed E-state index contributed by atoms with van der Waals surface area (Å²) in [5.74, 6) is -1.99. The van der Waals surface area contributed by atoms with Crippen molar-refractivity contribution in [2.75, 3.05) is 0 Å². The Labute approximate surface area is 89.8 Å². The summed E-state index contributed by atoms with van der Waals surface area (Å²) < 4.78 is 26.5. The zero-order chi connectivity index (χ0) is 11.5. The predicted molar refractivity (Wildman–Crippen MR) is 52.8 cm³/mol. The lowest BCUT2D eigenvalue weighted by atomic mass is 10.1. The Morgan fingerprint density at radius 1 is 1.19 bits per heavy atom. The molecule has 1 aromatic carbocycles. The smallest absolute Gasteiger partial charge is 0.169 e. The summed E-state index contributed by atoms with van der Waals surface area (Å²) >= 11 is 0. The van der Waals surface area contributed by atoms with Crippen molar-refractivity contribution < 1.29 is 13.6 Å². The van der Waals surface area contributed by atoms with Gasteiger partial charge in [-0.25, -0.2) is 18.7 Å². The Kier molecular flexibility index (Phi) is 2.68. The van der Waals surface area contributed by atoms with Crippen LogP contribution in [-0.2, 0) is 0 Å². The molecule has 5 heteroatoms. The van der Waals surface area contributed by atoms with Crippen LogP contribution in [0.4, 0.5) is 8.78 Å². The maximum Gasteiger partial charge on any atom is 0.169 e. The fourth-order valence-corrected chi connectivity index (χ4v) is 1.35. The fourth-order valence-electron chi connectivity index (χ4n) is 1.35. The van der Waals surface area contributed by atoms with Gasteiger partial charge in [-0.15, -0.1) is 0 Å². The molecule has 0 aliphatic heterocycles. The van der Waals surface area contributed by atoms with Gasteiger partial charge in [0, 0.05) is 17.3 Å². The molecule has 16 heavy (non-hydrogen) atoms. The highest BCUT2D eigenvalue weighted by Gasteiger charge is 2.13. The molecular formula is C11H6F2N2O. The average molecular weight is 220 g/mol. The minimum atomic E-state index is -1.01. The number of benzene rings is 1. The van der Waals surface area contributed by atoms with Crippen LogP contribution in [0, 0.1) is 11.6 Å². The van der Waals surface area contributed by atoms with Gasteiger partial charge in [0.2, 0.25) is 0 Å². The Hall–Kier alpha value is -2.17. The Bertz CT molecular complexity index is 543. The van der Waals surface area contributed by atoms with E-state index in [0.29, 0.717) is 6.29 Å². The van der Waals surface area contributed by atoms with Gasteiger partial charge in [0.1, 0.15) is 12.0 Å². The molecular weight excluding hydrogens is 214 g/mol. The van der Waals surface area contributed by atoms with Crippen LogP contribution < -0.4 is 0 Å². The van der Waals surface area contributed by atoms with Crippen LogP contribution in [0.1, 0.15) is 10.5 Å². The van der Waals surface area contributed by atoms with E-state index in [0.717, 1.165) is 6.07 Å². The van der Waals surface area contributed by atoms with Gasteiger partial charge in [-0.1, -0.05) is 12.1 Å². The minimum absolute atomic E-state index is 0.0253. The third kappa shape index (κ3) is 1.67. The second kappa shape index (κ2) is 4.14. The Balaban J connectivity index is 2.67. The molecule has 1 heterocycles. The molecule has 0 atom stereocenters. The Morgan fingerprint density at radius 3 is 2.75 bits per heavy atom. The van der Waals surface area contributed by atoms with Crippen molar-refractivity contribution in [3.05, 3.63) is 48.1 Å². The zero-order valence-electron chi connectivity index (χ0n) is 8.02. The number of rotatable bonds is 2. The second-order valence-corrected chi connectivity index (χ2v) is 3.04. The largest absolute Gasteiger partial charge is 0.296 e. The first-order valence-corrected chi connectivity index (χ1v) is 4.43. The van der Waals surface area contributed by atoms with E-state index in [1.165, 1.54) is 24.7 Å². The van der Waals surface area contributed by atoms with E-state index >= 15 is 0 Å². The van der Waals surface area contributed by atoms with Crippen LogP contribution in [-0.4, -0.2) is 16.3 Å². The molecule has 1 aromatic heterocycles. The zero-order valence-corrected chi connectivity index (χ0v) is 8.02. The standard InChI is InChI=1S/C11H6F2N2O/c12-9-3-1-2-7(11(9)13)8-4-14-6-15-10(8)5-16/h1-6H.